The molecule has 7 nitrogen and oxygen atoms in total. The van der Waals surface area contributed by atoms with E-state index in [0.717, 1.165) is 10.7 Å². The Hall–Kier alpha value is -1.34. The van der Waals surface area contributed by atoms with Gasteiger partial charge < -0.3 is 14.9 Å². The number of carbonyl (C=O) groups excluding carboxylic acids is 1. The molecule has 1 aromatic heterocycles. The number of aliphatic imine (C=N–C) groups is 1. The summed E-state index contributed by atoms with van der Waals surface area (Å²) in [6.45, 7) is 4.48. The number of aromatic nitrogens is 2. The van der Waals surface area contributed by atoms with Crippen LogP contribution in [0.3, 0.4) is 0 Å². The normalized spacial score (nSPS) is 29.7. The van der Waals surface area contributed by atoms with Crippen molar-refractivity contribution in [2.75, 3.05) is 19.5 Å². The average Bonchev–Trinajstić information content (AvgIpc) is 2.95. The van der Waals surface area contributed by atoms with Crippen LogP contribution >= 0.6 is 6.89 Å². The van der Waals surface area contributed by atoms with Gasteiger partial charge in [0.15, 0.2) is 23.5 Å². The van der Waals surface area contributed by atoms with Crippen molar-refractivity contribution in [1.82, 2.24) is 9.55 Å². The van der Waals surface area contributed by atoms with Gasteiger partial charge in [-0.3, -0.25) is 9.36 Å². The number of nitrogens with zero attached hydrogens (tertiary/aromatic N) is 3. The molecule has 9 heteroatoms. The lowest BCUT2D eigenvalue weighted by Gasteiger charge is -2.20. The number of ether oxygens (including phenoxy) is 1. The predicted octanol–water partition coefficient (Wildman–Crippen LogP) is 1.42. The monoisotopic (exact) mass is 371 g/mol. The maximum atomic E-state index is 14.4. The zero-order valence-corrected chi connectivity index (χ0v) is 15.4. The number of Topliss-reactive ketones (excluding diaryl/α,β-unsaturated/α-hetero) is 1. The van der Waals surface area contributed by atoms with Crippen molar-refractivity contribution < 1.29 is 24.1 Å². The lowest BCUT2D eigenvalue weighted by atomic mass is 10.1. The number of fused-ring (bicyclic) bond motifs is 1. The molecule has 25 heavy (non-hydrogen) atoms. The third-order valence-corrected chi connectivity index (χ3v) is 5.90. The summed E-state index contributed by atoms with van der Waals surface area (Å²) in [4.78, 5) is 19.9. The summed E-state index contributed by atoms with van der Waals surface area (Å²) in [5.74, 6) is -0.290. The van der Waals surface area contributed by atoms with Crippen molar-refractivity contribution in [1.29, 1.82) is 0 Å². The fourth-order valence-electron chi connectivity index (χ4n) is 3.11. The molecule has 1 unspecified atom stereocenters. The molecule has 2 aliphatic rings. The first-order valence-electron chi connectivity index (χ1n) is 8.12. The van der Waals surface area contributed by atoms with Crippen LogP contribution in [0.4, 0.5) is 10.2 Å². The van der Waals surface area contributed by atoms with E-state index in [2.05, 4.69) is 29.6 Å². The molecule has 0 saturated carbocycles. The number of halogens is 1. The largest absolute Gasteiger partial charge is 0.388 e. The molecule has 2 N–H and O–H groups in total. The number of rotatable bonds is 4. The second kappa shape index (κ2) is 6.43. The molecular weight excluding hydrogens is 348 g/mol. The topological polar surface area (TPSA) is 96.9 Å². The van der Waals surface area contributed by atoms with E-state index in [1.807, 2.05) is 0 Å². The van der Waals surface area contributed by atoms with Gasteiger partial charge in [-0.1, -0.05) is 0 Å². The van der Waals surface area contributed by atoms with Crippen LogP contribution in [-0.4, -0.2) is 75.4 Å². The fraction of sp³-hybridized carbons (Fsp3) is 0.625. The third-order valence-electron chi connectivity index (χ3n) is 4.43. The van der Waals surface area contributed by atoms with Gasteiger partial charge in [-0.15, -0.1) is 13.2 Å². The summed E-state index contributed by atoms with van der Waals surface area (Å²) >= 11 is 0. The molecule has 0 aliphatic carbocycles. The Morgan fingerprint density at radius 1 is 1.40 bits per heavy atom. The molecule has 0 bridgehead atoms. The Morgan fingerprint density at radius 2 is 2.08 bits per heavy atom. The Bertz CT molecular complexity index is 785. The maximum absolute atomic E-state index is 14.4. The van der Waals surface area contributed by atoms with E-state index < -0.39 is 37.5 Å². The van der Waals surface area contributed by atoms with Crippen LogP contribution in [0.25, 0.3) is 0 Å². The van der Waals surface area contributed by atoms with E-state index in [1.54, 1.807) is 6.92 Å². The number of hydrogen-bond donors (Lipinski definition) is 2. The quantitative estimate of drug-likeness (QED) is 0.781. The third kappa shape index (κ3) is 3.49. The first-order chi connectivity index (χ1) is 11.6. The van der Waals surface area contributed by atoms with E-state index in [0.29, 0.717) is 12.1 Å². The zero-order chi connectivity index (χ0) is 18.5. The highest BCUT2D eigenvalue weighted by molar-refractivity contribution is 7.72. The van der Waals surface area contributed by atoms with Crippen molar-refractivity contribution in [3.63, 3.8) is 0 Å². The van der Waals surface area contributed by atoms with Gasteiger partial charge in [-0.05, 0) is 32.8 Å². The van der Waals surface area contributed by atoms with E-state index in [-0.39, 0.29) is 23.7 Å². The predicted molar refractivity (Wildman–Crippen MR) is 95.2 cm³/mol. The first-order valence-corrected chi connectivity index (χ1v) is 11.2. The SMILES string of the molecule is C=P(C)(C)CCC1O[C@@H](n2c(F)nc3c2N=C(C)CC3=O)[C@H](O)[C@@H]1O. The van der Waals surface area contributed by atoms with Gasteiger partial charge >= 0.3 is 0 Å². The highest BCUT2D eigenvalue weighted by atomic mass is 31.2. The molecule has 0 spiro atoms. The number of carbonyl (C=O) groups is 1. The maximum Gasteiger partial charge on any atom is 0.293 e. The smallest absolute Gasteiger partial charge is 0.293 e. The molecule has 3 heterocycles. The molecule has 2 aliphatic heterocycles. The molecule has 0 amide bonds. The van der Waals surface area contributed by atoms with Crippen LogP contribution in [0.1, 0.15) is 36.5 Å². The molecule has 4 atom stereocenters. The van der Waals surface area contributed by atoms with Crippen LogP contribution in [0, 0.1) is 6.08 Å². The minimum absolute atomic E-state index is 0.0353. The minimum atomic E-state index is -1.34. The number of imidazole rings is 1. The number of aliphatic hydroxyl groups is 2. The summed E-state index contributed by atoms with van der Waals surface area (Å²) in [6, 6.07) is 0. The lowest BCUT2D eigenvalue weighted by Crippen LogP contribution is -2.32. The first kappa shape index (κ1) is 18.5. The zero-order valence-electron chi connectivity index (χ0n) is 14.5. The van der Waals surface area contributed by atoms with E-state index in [1.165, 1.54) is 0 Å². The summed E-state index contributed by atoms with van der Waals surface area (Å²) in [5.41, 5.74) is 0.466. The highest BCUT2D eigenvalue weighted by Crippen LogP contribution is 2.41. The van der Waals surface area contributed by atoms with Crippen LogP contribution in [0.5, 0.6) is 0 Å². The average molecular weight is 371 g/mol. The Labute approximate surface area is 145 Å². The van der Waals surface area contributed by atoms with Gasteiger partial charge in [0, 0.05) is 5.71 Å². The molecule has 138 valence electrons. The van der Waals surface area contributed by atoms with Gasteiger partial charge in [0.1, 0.15) is 12.2 Å². The van der Waals surface area contributed by atoms with Crippen molar-refractivity contribution in [3.05, 3.63) is 11.8 Å². The summed E-state index contributed by atoms with van der Waals surface area (Å²) in [7, 11) is 0. The summed E-state index contributed by atoms with van der Waals surface area (Å²) in [5, 5.41) is 20.6. The lowest BCUT2D eigenvalue weighted by molar-refractivity contribution is -0.0424. The van der Waals surface area contributed by atoms with Crippen molar-refractivity contribution in [2.24, 2.45) is 4.99 Å². The van der Waals surface area contributed by atoms with Gasteiger partial charge in [0.2, 0.25) is 0 Å². The second-order valence-corrected chi connectivity index (χ2v) is 11.7. The Kier molecular flexibility index (Phi) is 4.75. The van der Waals surface area contributed by atoms with Crippen molar-refractivity contribution in [3.8, 4) is 0 Å². The minimum Gasteiger partial charge on any atom is -0.388 e. The second-order valence-electron chi connectivity index (χ2n) is 7.36. The van der Waals surface area contributed by atoms with Crippen LogP contribution in [-0.2, 0) is 4.74 Å². The Balaban J connectivity index is 1.91. The van der Waals surface area contributed by atoms with Gasteiger partial charge in [0.25, 0.3) is 6.08 Å². The van der Waals surface area contributed by atoms with Crippen LogP contribution in [0.2, 0.25) is 0 Å². The number of ketones is 1. The van der Waals surface area contributed by atoms with Gasteiger partial charge in [0.05, 0.1) is 12.5 Å². The molecule has 3 rings (SSSR count). The molecular formula is C16H23FN3O4P. The summed E-state index contributed by atoms with van der Waals surface area (Å²) < 4.78 is 21.1. The van der Waals surface area contributed by atoms with E-state index >= 15 is 0 Å². The number of aliphatic hydroxyl groups excluding tert-OH is 2. The molecule has 0 aromatic carbocycles. The van der Waals surface area contributed by atoms with Crippen LogP contribution in [0.15, 0.2) is 4.99 Å². The van der Waals surface area contributed by atoms with Crippen molar-refractivity contribution in [2.45, 2.75) is 44.3 Å². The van der Waals surface area contributed by atoms with Gasteiger partial charge in [-0.25, -0.2) is 4.99 Å². The van der Waals surface area contributed by atoms with Crippen LogP contribution < -0.4 is 0 Å². The standard InChI is InChI=1S/C16H23FN3O4P/c1-8-7-9(21)11-14(18-8)20(16(17)19-11)15-13(23)12(22)10(24-15)5-6-25(2,3)4/h10,12-13,15,22-23H,2,5-7H2,1,3-4H3/t10?,12-,13-,15-/m1/s1. The van der Waals surface area contributed by atoms with Crippen molar-refractivity contribution >= 4 is 30.5 Å². The Morgan fingerprint density at radius 3 is 2.72 bits per heavy atom. The molecule has 1 saturated heterocycles. The van der Waals surface area contributed by atoms with Gasteiger partial charge in [-0.2, -0.15) is 9.37 Å². The number of hydrogen-bond acceptors (Lipinski definition) is 6. The van der Waals surface area contributed by atoms with E-state index in [4.69, 9.17) is 4.74 Å². The highest BCUT2D eigenvalue weighted by Gasteiger charge is 2.46. The molecule has 1 aromatic rings. The molecule has 1 fully saturated rings. The molecule has 0 radical (unpaired) electrons. The fourth-order valence-corrected chi connectivity index (χ4v) is 4.06. The van der Waals surface area contributed by atoms with E-state index in [9.17, 15) is 19.4 Å². The summed E-state index contributed by atoms with van der Waals surface area (Å²) in [6.07, 6.45) is 0.224.